The van der Waals surface area contributed by atoms with Gasteiger partial charge in [0.2, 0.25) is 0 Å². The van der Waals surface area contributed by atoms with Gasteiger partial charge < -0.3 is 4.57 Å². The fourth-order valence-corrected chi connectivity index (χ4v) is 4.58. The first-order chi connectivity index (χ1) is 6.38. The average Bonchev–Trinajstić information content (AvgIpc) is 2.65. The smallest absolute Gasteiger partial charge is 0.135 e. The van der Waals surface area contributed by atoms with Gasteiger partial charge in [-0.15, -0.1) is 0 Å². The zero-order valence-corrected chi connectivity index (χ0v) is 10.3. The van der Waals surface area contributed by atoms with Gasteiger partial charge in [0.1, 0.15) is 8.96 Å². The molecule has 76 valence electrons. The van der Waals surface area contributed by atoms with Crippen LogP contribution in [0.15, 0.2) is 11.8 Å². The molecule has 0 aromatic rings. The van der Waals surface area contributed by atoms with E-state index in [2.05, 4.69) is 30.2 Å². The highest BCUT2D eigenvalue weighted by Gasteiger charge is 2.18. The summed E-state index contributed by atoms with van der Waals surface area (Å²) in [6, 6.07) is 1.40. The summed E-state index contributed by atoms with van der Waals surface area (Å²) < 4.78 is 2.76. The zero-order valence-electron chi connectivity index (χ0n) is 9.13. The van der Waals surface area contributed by atoms with Gasteiger partial charge in [-0.3, -0.25) is 0 Å². The van der Waals surface area contributed by atoms with Crippen LogP contribution in [-0.4, -0.2) is 26.6 Å². The second-order valence-corrected chi connectivity index (χ2v) is 7.00. The van der Waals surface area contributed by atoms with Crippen molar-refractivity contribution in [3.8, 4) is 0 Å². The Hall–Kier alpha value is -0.0831. The molecule has 1 aliphatic heterocycles. The van der Waals surface area contributed by atoms with Gasteiger partial charge in [-0.1, -0.05) is 32.0 Å². The first kappa shape index (κ1) is 11.0. The standard InChI is InChI=1S/C11H23NSi/c1-3-5-8-11-13(4-2)12-9-6-7-10-12/h8,11,13H,3-7,9-10H2,1-2H3. The number of hydrogen-bond acceptors (Lipinski definition) is 1. The van der Waals surface area contributed by atoms with Crippen molar-refractivity contribution in [2.45, 2.75) is 45.6 Å². The molecule has 0 bridgehead atoms. The van der Waals surface area contributed by atoms with E-state index >= 15 is 0 Å². The molecule has 1 unspecified atom stereocenters. The van der Waals surface area contributed by atoms with E-state index in [9.17, 15) is 0 Å². The highest BCUT2D eigenvalue weighted by Crippen LogP contribution is 2.12. The minimum Gasteiger partial charge on any atom is -0.323 e. The zero-order chi connectivity index (χ0) is 9.52. The summed E-state index contributed by atoms with van der Waals surface area (Å²) in [6.07, 6.45) is 7.85. The lowest BCUT2D eigenvalue weighted by Crippen LogP contribution is -2.34. The van der Waals surface area contributed by atoms with Gasteiger partial charge in [0.15, 0.2) is 0 Å². The summed E-state index contributed by atoms with van der Waals surface area (Å²) in [5.41, 5.74) is 2.55. The molecule has 0 radical (unpaired) electrons. The Kier molecular flexibility index (Phi) is 5.40. The second-order valence-electron chi connectivity index (χ2n) is 3.94. The second kappa shape index (κ2) is 6.38. The van der Waals surface area contributed by atoms with Crippen LogP contribution in [0.1, 0.15) is 39.5 Å². The molecule has 0 aliphatic carbocycles. The Bertz CT molecular complexity index is 150. The Morgan fingerprint density at radius 1 is 1.23 bits per heavy atom. The molecular formula is C11H23NSi. The maximum Gasteiger partial charge on any atom is 0.135 e. The predicted molar refractivity (Wildman–Crippen MR) is 62.5 cm³/mol. The van der Waals surface area contributed by atoms with Gasteiger partial charge in [0.25, 0.3) is 0 Å². The van der Waals surface area contributed by atoms with Crippen molar-refractivity contribution in [3.63, 3.8) is 0 Å². The summed E-state index contributed by atoms with van der Waals surface area (Å²) in [7, 11) is -0.644. The van der Waals surface area contributed by atoms with Crippen molar-refractivity contribution in [1.29, 1.82) is 0 Å². The van der Waals surface area contributed by atoms with Gasteiger partial charge in [0, 0.05) is 0 Å². The largest absolute Gasteiger partial charge is 0.323 e. The number of hydrogen-bond donors (Lipinski definition) is 0. The van der Waals surface area contributed by atoms with Gasteiger partial charge in [-0.05, 0) is 38.4 Å². The third kappa shape index (κ3) is 3.65. The van der Waals surface area contributed by atoms with Crippen molar-refractivity contribution in [2.75, 3.05) is 13.1 Å². The third-order valence-corrected chi connectivity index (χ3v) is 5.85. The van der Waals surface area contributed by atoms with Crippen LogP contribution in [0.5, 0.6) is 0 Å². The molecule has 0 N–H and O–H groups in total. The lowest BCUT2D eigenvalue weighted by molar-refractivity contribution is 0.539. The summed E-state index contributed by atoms with van der Waals surface area (Å²) in [4.78, 5) is 0. The van der Waals surface area contributed by atoms with E-state index in [-0.39, 0.29) is 0 Å². The Labute approximate surface area is 84.5 Å². The minimum absolute atomic E-state index is 0.644. The Morgan fingerprint density at radius 2 is 1.92 bits per heavy atom. The summed E-state index contributed by atoms with van der Waals surface area (Å²) >= 11 is 0. The summed E-state index contributed by atoms with van der Waals surface area (Å²) in [5.74, 6) is 0. The molecule has 0 aromatic carbocycles. The molecule has 0 saturated carbocycles. The molecule has 0 amide bonds. The maximum absolute atomic E-state index is 2.76. The maximum atomic E-state index is 2.76. The van der Waals surface area contributed by atoms with Crippen LogP contribution in [0, 0.1) is 0 Å². The van der Waals surface area contributed by atoms with Crippen LogP contribution in [0.2, 0.25) is 6.04 Å². The lowest BCUT2D eigenvalue weighted by atomic mass is 10.3. The van der Waals surface area contributed by atoms with Crippen molar-refractivity contribution < 1.29 is 0 Å². The fraction of sp³-hybridized carbons (Fsp3) is 0.818. The van der Waals surface area contributed by atoms with Crippen LogP contribution in [0.3, 0.4) is 0 Å². The van der Waals surface area contributed by atoms with Gasteiger partial charge >= 0.3 is 0 Å². The highest BCUT2D eigenvalue weighted by molar-refractivity contribution is 6.61. The van der Waals surface area contributed by atoms with E-state index in [0.29, 0.717) is 0 Å². The van der Waals surface area contributed by atoms with Gasteiger partial charge in [-0.2, -0.15) is 0 Å². The van der Waals surface area contributed by atoms with Crippen LogP contribution in [0.4, 0.5) is 0 Å². The van der Waals surface area contributed by atoms with Crippen LogP contribution >= 0.6 is 0 Å². The SMILES string of the molecule is CCCC=C[SiH](CC)N1CCCC1. The Morgan fingerprint density at radius 3 is 2.46 bits per heavy atom. The normalized spacial score (nSPS) is 21.4. The molecule has 0 aromatic heterocycles. The van der Waals surface area contributed by atoms with Crippen LogP contribution in [0.25, 0.3) is 0 Å². The third-order valence-electron chi connectivity index (χ3n) is 2.84. The van der Waals surface area contributed by atoms with Crippen LogP contribution in [-0.2, 0) is 0 Å². The summed E-state index contributed by atoms with van der Waals surface area (Å²) in [5, 5.41) is 0. The minimum atomic E-state index is -0.644. The number of unbranched alkanes of at least 4 members (excludes halogenated alkanes) is 1. The Balaban J connectivity index is 2.32. The van der Waals surface area contributed by atoms with E-state index in [1.54, 1.807) is 0 Å². The molecule has 1 saturated heterocycles. The molecule has 1 heterocycles. The van der Waals surface area contributed by atoms with Gasteiger partial charge in [-0.25, -0.2) is 0 Å². The van der Waals surface area contributed by atoms with E-state index in [0.717, 1.165) is 0 Å². The quantitative estimate of drug-likeness (QED) is 0.613. The van der Waals surface area contributed by atoms with Crippen molar-refractivity contribution >= 4 is 8.96 Å². The molecule has 0 spiro atoms. The molecule has 1 atom stereocenters. The van der Waals surface area contributed by atoms with Crippen molar-refractivity contribution in [3.05, 3.63) is 11.8 Å². The molecular weight excluding hydrogens is 174 g/mol. The monoisotopic (exact) mass is 197 g/mol. The van der Waals surface area contributed by atoms with E-state index in [1.165, 1.54) is 44.8 Å². The topological polar surface area (TPSA) is 3.24 Å². The van der Waals surface area contributed by atoms with Gasteiger partial charge in [0.05, 0.1) is 0 Å². The number of nitrogens with zero attached hydrogens (tertiary/aromatic N) is 1. The molecule has 1 rings (SSSR count). The number of allylic oxidation sites excluding steroid dienone is 1. The predicted octanol–water partition coefficient (Wildman–Crippen LogP) is 2.72. The molecule has 1 fully saturated rings. The molecule has 13 heavy (non-hydrogen) atoms. The highest BCUT2D eigenvalue weighted by atomic mass is 28.3. The average molecular weight is 197 g/mol. The molecule has 2 heteroatoms. The van der Waals surface area contributed by atoms with E-state index in [4.69, 9.17) is 0 Å². The molecule has 1 nitrogen and oxygen atoms in total. The number of rotatable bonds is 5. The van der Waals surface area contributed by atoms with Crippen molar-refractivity contribution in [2.24, 2.45) is 0 Å². The first-order valence-electron chi connectivity index (χ1n) is 5.79. The van der Waals surface area contributed by atoms with E-state index < -0.39 is 8.96 Å². The fourth-order valence-electron chi connectivity index (χ4n) is 2.01. The van der Waals surface area contributed by atoms with Crippen molar-refractivity contribution in [1.82, 2.24) is 4.57 Å². The first-order valence-corrected chi connectivity index (χ1v) is 7.79. The van der Waals surface area contributed by atoms with E-state index in [1.807, 2.05) is 0 Å². The lowest BCUT2D eigenvalue weighted by Gasteiger charge is -2.21. The molecule has 1 aliphatic rings. The summed E-state index contributed by atoms with van der Waals surface area (Å²) in [6.45, 7) is 7.36. The van der Waals surface area contributed by atoms with Crippen LogP contribution < -0.4 is 0 Å².